The molecule has 0 bridgehead atoms. The fourth-order valence-corrected chi connectivity index (χ4v) is 3.73. The van der Waals surface area contributed by atoms with Gasteiger partial charge in [0.05, 0.1) is 0 Å². The number of carbonyl (C=O) groups excluding carboxylic acids is 1. The van der Waals surface area contributed by atoms with Crippen molar-refractivity contribution >= 4 is 34.2 Å². The van der Waals surface area contributed by atoms with Crippen molar-refractivity contribution in [1.82, 2.24) is 19.6 Å². The van der Waals surface area contributed by atoms with Crippen molar-refractivity contribution in [2.45, 2.75) is 19.8 Å². The topological polar surface area (TPSA) is 61.4 Å². The van der Waals surface area contributed by atoms with Crippen LogP contribution in [0.1, 0.15) is 24.7 Å². The first kappa shape index (κ1) is 19.1. The number of benzene rings is 1. The van der Waals surface area contributed by atoms with Gasteiger partial charge in [0, 0.05) is 68.7 Å². The summed E-state index contributed by atoms with van der Waals surface area (Å²) in [4.78, 5) is 20.7. The van der Waals surface area contributed by atoms with E-state index in [9.17, 15) is 4.79 Å². The zero-order chi connectivity index (χ0) is 18.4. The number of rotatable bonds is 7. The summed E-state index contributed by atoms with van der Waals surface area (Å²) in [6.07, 6.45) is 1.27. The number of halogens is 1. The van der Waals surface area contributed by atoms with Gasteiger partial charge in [-0.1, -0.05) is 30.7 Å². The molecule has 0 radical (unpaired) electrons. The van der Waals surface area contributed by atoms with Crippen LogP contribution in [0.15, 0.2) is 24.3 Å². The number of amides is 1. The molecule has 0 saturated carbocycles. The molecule has 1 aliphatic heterocycles. The Hall–Kier alpha value is -1.70. The summed E-state index contributed by atoms with van der Waals surface area (Å²) >= 11 is 7.39. The summed E-state index contributed by atoms with van der Waals surface area (Å²) in [7, 11) is 0. The minimum absolute atomic E-state index is 0.116. The predicted octanol–water partition coefficient (Wildman–Crippen LogP) is 2.43. The first-order valence-corrected chi connectivity index (χ1v) is 10.1. The van der Waals surface area contributed by atoms with Crippen molar-refractivity contribution < 1.29 is 4.79 Å². The fraction of sp³-hybridized carbons (Fsp3) is 0.500. The second-order valence-corrected chi connectivity index (χ2v) is 7.50. The van der Waals surface area contributed by atoms with E-state index < -0.39 is 0 Å². The smallest absolute Gasteiger partial charge is 0.219 e. The van der Waals surface area contributed by atoms with Gasteiger partial charge in [-0.25, -0.2) is 4.98 Å². The van der Waals surface area contributed by atoms with E-state index in [0.29, 0.717) is 6.42 Å². The van der Waals surface area contributed by atoms with Gasteiger partial charge in [-0.05, 0) is 17.7 Å². The molecular formula is C18H24ClN5OS. The highest BCUT2D eigenvalue weighted by atomic mass is 35.5. The van der Waals surface area contributed by atoms with E-state index >= 15 is 0 Å². The standard InChI is InChI=1S/C18H24ClN5OS/c1-2-17(25)20-7-8-23-9-11-24(12-10-23)18-21-16(22-26-18)13-14-3-5-15(19)6-4-14/h3-6H,2,7-13H2,1H3,(H,20,25). The van der Waals surface area contributed by atoms with Crippen molar-refractivity contribution in [3.05, 3.63) is 40.7 Å². The van der Waals surface area contributed by atoms with Gasteiger partial charge >= 0.3 is 0 Å². The summed E-state index contributed by atoms with van der Waals surface area (Å²) < 4.78 is 4.50. The van der Waals surface area contributed by atoms with Crippen LogP contribution in [-0.2, 0) is 11.2 Å². The van der Waals surface area contributed by atoms with Gasteiger partial charge in [-0.2, -0.15) is 4.37 Å². The van der Waals surface area contributed by atoms with Crippen molar-refractivity contribution in [3.63, 3.8) is 0 Å². The van der Waals surface area contributed by atoms with Gasteiger partial charge in [0.15, 0.2) is 0 Å². The Kier molecular flexibility index (Phi) is 6.82. The summed E-state index contributed by atoms with van der Waals surface area (Å²) in [6.45, 7) is 7.34. The molecule has 8 heteroatoms. The summed E-state index contributed by atoms with van der Waals surface area (Å²) in [5.41, 5.74) is 1.16. The molecule has 3 rings (SSSR count). The molecule has 1 aromatic carbocycles. The van der Waals surface area contributed by atoms with Gasteiger partial charge in [0.2, 0.25) is 11.0 Å². The van der Waals surface area contributed by atoms with Gasteiger partial charge in [0.1, 0.15) is 5.82 Å². The van der Waals surface area contributed by atoms with Crippen LogP contribution in [0, 0.1) is 0 Å². The molecule has 1 aromatic heterocycles. The van der Waals surface area contributed by atoms with Crippen molar-refractivity contribution in [3.8, 4) is 0 Å². The van der Waals surface area contributed by atoms with Gasteiger partial charge in [-0.15, -0.1) is 0 Å². The largest absolute Gasteiger partial charge is 0.355 e. The van der Waals surface area contributed by atoms with Crippen LogP contribution in [0.25, 0.3) is 0 Å². The van der Waals surface area contributed by atoms with E-state index in [1.807, 2.05) is 31.2 Å². The van der Waals surface area contributed by atoms with Gasteiger partial charge in [-0.3, -0.25) is 9.69 Å². The fourth-order valence-electron chi connectivity index (χ4n) is 2.87. The monoisotopic (exact) mass is 393 g/mol. The van der Waals surface area contributed by atoms with Crippen LogP contribution < -0.4 is 10.2 Å². The Balaban J connectivity index is 1.45. The second kappa shape index (κ2) is 9.30. The maximum absolute atomic E-state index is 11.3. The van der Waals surface area contributed by atoms with E-state index in [2.05, 4.69) is 19.5 Å². The SMILES string of the molecule is CCC(=O)NCCN1CCN(c2nc(Cc3ccc(Cl)cc3)ns2)CC1. The van der Waals surface area contributed by atoms with Crippen molar-refractivity contribution in [1.29, 1.82) is 0 Å². The number of hydrogen-bond donors (Lipinski definition) is 1. The number of carbonyl (C=O) groups is 1. The number of hydrogen-bond acceptors (Lipinski definition) is 6. The third-order valence-corrected chi connectivity index (χ3v) is 5.51. The number of nitrogens with zero attached hydrogens (tertiary/aromatic N) is 4. The third-order valence-electron chi connectivity index (χ3n) is 4.45. The average molecular weight is 394 g/mol. The average Bonchev–Trinajstić information content (AvgIpc) is 3.12. The Morgan fingerprint density at radius 1 is 1.23 bits per heavy atom. The Bertz CT molecular complexity index is 713. The van der Waals surface area contributed by atoms with E-state index in [4.69, 9.17) is 16.6 Å². The van der Waals surface area contributed by atoms with E-state index in [0.717, 1.165) is 67.2 Å². The lowest BCUT2D eigenvalue weighted by atomic mass is 10.1. The molecule has 140 valence electrons. The number of nitrogens with one attached hydrogen (secondary N) is 1. The number of aromatic nitrogens is 2. The van der Waals surface area contributed by atoms with Crippen LogP contribution >= 0.6 is 23.1 Å². The van der Waals surface area contributed by atoms with E-state index in [1.54, 1.807) is 0 Å². The molecule has 1 amide bonds. The highest BCUT2D eigenvalue weighted by molar-refractivity contribution is 7.09. The zero-order valence-electron chi connectivity index (χ0n) is 14.9. The highest BCUT2D eigenvalue weighted by Gasteiger charge is 2.20. The summed E-state index contributed by atoms with van der Waals surface area (Å²) in [5.74, 6) is 0.975. The molecule has 6 nitrogen and oxygen atoms in total. The molecule has 0 spiro atoms. The van der Waals surface area contributed by atoms with Crippen LogP contribution in [-0.4, -0.2) is 59.4 Å². The normalized spacial score (nSPS) is 15.2. The molecule has 1 aliphatic rings. The first-order chi connectivity index (χ1) is 12.6. The Morgan fingerprint density at radius 3 is 2.65 bits per heavy atom. The second-order valence-electron chi connectivity index (χ2n) is 6.33. The molecule has 0 unspecified atom stereocenters. The van der Waals surface area contributed by atoms with E-state index in [1.165, 1.54) is 11.5 Å². The summed E-state index contributed by atoms with van der Waals surface area (Å²) in [5, 5.41) is 4.67. The van der Waals surface area contributed by atoms with Crippen LogP contribution in [0.4, 0.5) is 5.13 Å². The lowest BCUT2D eigenvalue weighted by Crippen LogP contribution is -2.48. The minimum Gasteiger partial charge on any atom is -0.355 e. The van der Waals surface area contributed by atoms with Crippen LogP contribution in [0.5, 0.6) is 0 Å². The Morgan fingerprint density at radius 2 is 1.96 bits per heavy atom. The first-order valence-electron chi connectivity index (χ1n) is 8.95. The predicted molar refractivity (Wildman–Crippen MR) is 106 cm³/mol. The molecular weight excluding hydrogens is 370 g/mol. The molecule has 0 aliphatic carbocycles. The molecule has 2 aromatic rings. The van der Waals surface area contributed by atoms with Crippen molar-refractivity contribution in [2.75, 3.05) is 44.2 Å². The molecule has 1 fully saturated rings. The van der Waals surface area contributed by atoms with Gasteiger partial charge < -0.3 is 10.2 Å². The molecule has 2 heterocycles. The molecule has 26 heavy (non-hydrogen) atoms. The molecule has 1 saturated heterocycles. The highest BCUT2D eigenvalue weighted by Crippen LogP contribution is 2.21. The molecule has 1 N–H and O–H groups in total. The maximum atomic E-state index is 11.3. The number of piperazine rings is 1. The third kappa shape index (κ3) is 5.40. The molecule has 0 atom stereocenters. The zero-order valence-corrected chi connectivity index (χ0v) is 16.5. The van der Waals surface area contributed by atoms with Crippen molar-refractivity contribution in [2.24, 2.45) is 0 Å². The summed E-state index contributed by atoms with van der Waals surface area (Å²) in [6, 6.07) is 7.82. The van der Waals surface area contributed by atoms with Crippen LogP contribution in [0.2, 0.25) is 5.02 Å². The lowest BCUT2D eigenvalue weighted by molar-refractivity contribution is -0.120. The minimum atomic E-state index is 0.116. The Labute approximate surface area is 163 Å². The van der Waals surface area contributed by atoms with Gasteiger partial charge in [0.25, 0.3) is 0 Å². The number of anilines is 1. The maximum Gasteiger partial charge on any atom is 0.219 e. The van der Waals surface area contributed by atoms with E-state index in [-0.39, 0.29) is 5.91 Å². The quantitative estimate of drug-likeness (QED) is 0.782. The lowest BCUT2D eigenvalue weighted by Gasteiger charge is -2.34. The van der Waals surface area contributed by atoms with Crippen LogP contribution in [0.3, 0.4) is 0 Å².